The number of ether oxygens (including phenoxy) is 1. The Morgan fingerprint density at radius 2 is 2.10 bits per heavy atom. The lowest BCUT2D eigenvalue weighted by Gasteiger charge is -2.27. The number of nitrogens with zero attached hydrogens (tertiary/aromatic N) is 1. The molecular formula is C16H28N2OS. The smallest absolute Gasteiger partial charge is 0.122 e. The first-order chi connectivity index (χ1) is 9.70. The van der Waals surface area contributed by atoms with Gasteiger partial charge in [-0.2, -0.15) is 0 Å². The van der Waals surface area contributed by atoms with Crippen molar-refractivity contribution in [3.63, 3.8) is 0 Å². The zero-order valence-corrected chi connectivity index (χ0v) is 13.8. The summed E-state index contributed by atoms with van der Waals surface area (Å²) in [6.07, 6.45) is 8.88. The topological polar surface area (TPSA) is 34.1 Å². The average molecular weight is 296 g/mol. The number of thiazole rings is 1. The Bertz CT molecular complexity index is 386. The summed E-state index contributed by atoms with van der Waals surface area (Å²) in [4.78, 5) is 5.93. The maximum Gasteiger partial charge on any atom is 0.122 e. The van der Waals surface area contributed by atoms with Crippen molar-refractivity contribution >= 4 is 11.3 Å². The van der Waals surface area contributed by atoms with Crippen LogP contribution in [0.3, 0.4) is 0 Å². The van der Waals surface area contributed by atoms with Crippen molar-refractivity contribution in [1.29, 1.82) is 0 Å². The summed E-state index contributed by atoms with van der Waals surface area (Å²) in [6, 6.07) is 0. The maximum atomic E-state index is 5.76. The first-order valence-corrected chi connectivity index (χ1v) is 8.70. The number of aromatic nitrogens is 1. The van der Waals surface area contributed by atoms with E-state index in [1.54, 1.807) is 0 Å². The number of nitrogens with one attached hydrogen (secondary N) is 1. The third kappa shape index (κ3) is 4.54. The van der Waals surface area contributed by atoms with E-state index in [1.807, 2.05) is 24.6 Å². The predicted molar refractivity (Wildman–Crippen MR) is 85.0 cm³/mol. The lowest BCUT2D eigenvalue weighted by Crippen LogP contribution is -2.18. The minimum absolute atomic E-state index is 0.208. The van der Waals surface area contributed by atoms with Crippen LogP contribution in [0.2, 0.25) is 0 Å². The summed E-state index contributed by atoms with van der Waals surface area (Å²) in [5.41, 5.74) is 0. The first kappa shape index (κ1) is 15.9. The van der Waals surface area contributed by atoms with E-state index >= 15 is 0 Å². The van der Waals surface area contributed by atoms with E-state index in [1.165, 1.54) is 42.0 Å². The Labute approximate surface area is 127 Å². The van der Waals surface area contributed by atoms with Crippen LogP contribution in [0.1, 0.15) is 61.9 Å². The normalized spacial score (nSPS) is 18.6. The fourth-order valence-corrected chi connectivity index (χ4v) is 4.01. The highest BCUT2D eigenvalue weighted by molar-refractivity contribution is 7.11. The zero-order valence-electron chi connectivity index (χ0n) is 13.0. The number of rotatable bonds is 7. The molecule has 3 nitrogen and oxygen atoms in total. The highest BCUT2D eigenvalue weighted by Crippen LogP contribution is 2.37. The Kier molecular flexibility index (Phi) is 6.46. The van der Waals surface area contributed by atoms with Crippen LogP contribution in [-0.2, 0) is 11.3 Å². The van der Waals surface area contributed by atoms with Gasteiger partial charge in [0.1, 0.15) is 11.1 Å². The Morgan fingerprint density at radius 3 is 2.75 bits per heavy atom. The van der Waals surface area contributed by atoms with Gasteiger partial charge in [0, 0.05) is 24.7 Å². The van der Waals surface area contributed by atoms with Crippen molar-refractivity contribution in [2.45, 2.75) is 58.6 Å². The SMILES string of the molecule is COC(c1ncc(CNCC(C)C)s1)C1CCCCC1. The molecule has 20 heavy (non-hydrogen) atoms. The van der Waals surface area contributed by atoms with Gasteiger partial charge in [-0.25, -0.2) is 4.98 Å². The van der Waals surface area contributed by atoms with Crippen molar-refractivity contribution in [2.24, 2.45) is 11.8 Å². The van der Waals surface area contributed by atoms with Gasteiger partial charge in [-0.05, 0) is 31.2 Å². The molecule has 1 aliphatic rings. The molecule has 0 aliphatic heterocycles. The van der Waals surface area contributed by atoms with E-state index in [-0.39, 0.29) is 6.10 Å². The molecule has 1 unspecified atom stereocenters. The monoisotopic (exact) mass is 296 g/mol. The second-order valence-corrected chi connectivity index (χ2v) is 7.39. The van der Waals surface area contributed by atoms with Crippen LogP contribution in [0.15, 0.2) is 6.20 Å². The first-order valence-electron chi connectivity index (χ1n) is 7.88. The molecule has 0 bridgehead atoms. The third-order valence-corrected chi connectivity index (χ3v) is 5.06. The number of hydrogen-bond acceptors (Lipinski definition) is 4. The van der Waals surface area contributed by atoms with Gasteiger partial charge in [0.2, 0.25) is 0 Å². The van der Waals surface area contributed by atoms with Crippen molar-refractivity contribution < 1.29 is 4.74 Å². The molecular weight excluding hydrogens is 268 g/mol. The summed E-state index contributed by atoms with van der Waals surface area (Å²) < 4.78 is 5.76. The Hall–Kier alpha value is -0.450. The van der Waals surface area contributed by atoms with E-state index in [0.29, 0.717) is 11.8 Å². The van der Waals surface area contributed by atoms with Gasteiger partial charge in [0.05, 0.1) is 0 Å². The lowest BCUT2D eigenvalue weighted by molar-refractivity contribution is 0.0352. The molecule has 0 amide bonds. The molecule has 1 aromatic heterocycles. The van der Waals surface area contributed by atoms with Crippen LogP contribution in [0.4, 0.5) is 0 Å². The molecule has 1 fully saturated rings. The van der Waals surface area contributed by atoms with Gasteiger partial charge in [-0.1, -0.05) is 33.1 Å². The predicted octanol–water partition coefficient (Wildman–Crippen LogP) is 4.16. The van der Waals surface area contributed by atoms with Crippen LogP contribution in [0.5, 0.6) is 0 Å². The van der Waals surface area contributed by atoms with Crippen molar-refractivity contribution in [3.8, 4) is 0 Å². The lowest BCUT2D eigenvalue weighted by atomic mass is 9.85. The quantitative estimate of drug-likeness (QED) is 0.820. The van der Waals surface area contributed by atoms with Gasteiger partial charge in [0.15, 0.2) is 0 Å². The summed E-state index contributed by atoms with van der Waals surface area (Å²) in [7, 11) is 1.83. The van der Waals surface area contributed by atoms with Crippen LogP contribution < -0.4 is 5.32 Å². The van der Waals surface area contributed by atoms with Crippen LogP contribution >= 0.6 is 11.3 Å². The van der Waals surface area contributed by atoms with Gasteiger partial charge < -0.3 is 10.1 Å². The fourth-order valence-electron chi connectivity index (χ4n) is 2.95. The highest BCUT2D eigenvalue weighted by atomic mass is 32.1. The van der Waals surface area contributed by atoms with Crippen molar-refractivity contribution in [3.05, 3.63) is 16.1 Å². The molecule has 0 saturated heterocycles. The number of methoxy groups -OCH3 is 1. The minimum Gasteiger partial charge on any atom is -0.374 e. The maximum absolute atomic E-state index is 5.76. The molecule has 1 N–H and O–H groups in total. The van der Waals surface area contributed by atoms with E-state index in [4.69, 9.17) is 4.74 Å². The Morgan fingerprint density at radius 1 is 1.35 bits per heavy atom. The fraction of sp³-hybridized carbons (Fsp3) is 0.812. The largest absolute Gasteiger partial charge is 0.374 e. The standard InChI is InChI=1S/C16H28N2OS/c1-12(2)9-17-10-14-11-18-16(20-14)15(19-3)13-7-5-4-6-8-13/h11-13,15,17H,4-10H2,1-3H3. The molecule has 0 aromatic carbocycles. The molecule has 1 saturated carbocycles. The van der Waals surface area contributed by atoms with Gasteiger partial charge in [-0.15, -0.1) is 11.3 Å². The van der Waals surface area contributed by atoms with Gasteiger partial charge in [-0.3, -0.25) is 0 Å². The molecule has 1 aromatic rings. The third-order valence-electron chi connectivity index (χ3n) is 4.00. The molecule has 2 rings (SSSR count). The van der Waals surface area contributed by atoms with Crippen molar-refractivity contribution in [1.82, 2.24) is 10.3 Å². The minimum atomic E-state index is 0.208. The zero-order chi connectivity index (χ0) is 14.4. The molecule has 1 aliphatic carbocycles. The second-order valence-electron chi connectivity index (χ2n) is 6.24. The summed E-state index contributed by atoms with van der Waals surface area (Å²) >= 11 is 1.81. The molecule has 0 spiro atoms. The summed E-state index contributed by atoms with van der Waals surface area (Å²) in [5, 5.41) is 4.65. The van der Waals surface area contributed by atoms with Crippen LogP contribution in [0.25, 0.3) is 0 Å². The summed E-state index contributed by atoms with van der Waals surface area (Å²) in [5.74, 6) is 1.35. The van der Waals surface area contributed by atoms with Gasteiger partial charge >= 0.3 is 0 Å². The number of hydrogen-bond donors (Lipinski definition) is 1. The molecule has 1 heterocycles. The molecule has 1 atom stereocenters. The van der Waals surface area contributed by atoms with Crippen LogP contribution in [-0.4, -0.2) is 18.6 Å². The molecule has 0 radical (unpaired) electrons. The average Bonchev–Trinajstić information content (AvgIpc) is 2.89. The molecule has 114 valence electrons. The van der Waals surface area contributed by atoms with Crippen LogP contribution in [0, 0.1) is 11.8 Å². The van der Waals surface area contributed by atoms with Gasteiger partial charge in [0.25, 0.3) is 0 Å². The van der Waals surface area contributed by atoms with E-state index in [9.17, 15) is 0 Å². The van der Waals surface area contributed by atoms with E-state index in [0.717, 1.165) is 13.1 Å². The van der Waals surface area contributed by atoms with Crippen molar-refractivity contribution in [2.75, 3.05) is 13.7 Å². The van der Waals surface area contributed by atoms with E-state index in [2.05, 4.69) is 24.1 Å². The van der Waals surface area contributed by atoms with E-state index < -0.39 is 0 Å². The highest BCUT2D eigenvalue weighted by Gasteiger charge is 2.27. The second kappa shape index (κ2) is 8.11. The molecule has 4 heteroatoms. The Balaban J connectivity index is 1.91. The summed E-state index contributed by atoms with van der Waals surface area (Å²) in [6.45, 7) is 6.45.